The molecule has 3 rings (SSSR count). The zero-order valence-corrected chi connectivity index (χ0v) is 21.7. The Morgan fingerprint density at radius 2 is 1.20 bits per heavy atom. The minimum atomic E-state index is -1.89. The molecule has 0 bridgehead atoms. The molecule has 15 atom stereocenters. The van der Waals surface area contributed by atoms with E-state index in [1.54, 1.807) is 0 Å². The van der Waals surface area contributed by atoms with Crippen molar-refractivity contribution in [2.24, 2.45) is 0 Å². The first-order chi connectivity index (χ1) is 18.8. The minimum absolute atomic E-state index is 0.604. The number of aliphatic hydroxyl groups excluding tert-OH is 9. The summed E-state index contributed by atoms with van der Waals surface area (Å²) in [6.07, 6.45) is -21.0. The molecule has 18 heteroatoms. The van der Waals surface area contributed by atoms with Crippen LogP contribution < -0.4 is 10.6 Å². The monoisotopic (exact) mass is 586 g/mol. The minimum Gasteiger partial charge on any atom is -0.394 e. The summed E-state index contributed by atoms with van der Waals surface area (Å²) in [5.74, 6) is -1.23. The van der Waals surface area contributed by atoms with E-state index in [1.165, 1.54) is 0 Å². The van der Waals surface area contributed by atoms with Gasteiger partial charge in [0.05, 0.1) is 19.8 Å². The van der Waals surface area contributed by atoms with Crippen molar-refractivity contribution in [2.45, 2.75) is 106 Å². The van der Waals surface area contributed by atoms with E-state index in [9.17, 15) is 55.5 Å². The van der Waals surface area contributed by atoms with Gasteiger partial charge in [-0.15, -0.1) is 0 Å². The lowest BCUT2D eigenvalue weighted by Gasteiger charge is -2.47. The van der Waals surface area contributed by atoms with Gasteiger partial charge in [-0.05, 0) is 0 Å². The van der Waals surface area contributed by atoms with Crippen LogP contribution in [0, 0.1) is 0 Å². The summed E-state index contributed by atoms with van der Waals surface area (Å²) in [7, 11) is 0. The summed E-state index contributed by atoms with van der Waals surface area (Å²) in [6, 6.07) is -2.70. The van der Waals surface area contributed by atoms with Gasteiger partial charge in [0.2, 0.25) is 11.8 Å². The topological polar surface area (TPSA) is 286 Å². The van der Waals surface area contributed by atoms with Crippen molar-refractivity contribution in [3.8, 4) is 0 Å². The Balaban J connectivity index is 1.74. The molecule has 3 aliphatic rings. The fourth-order valence-corrected chi connectivity index (χ4v) is 4.76. The molecule has 40 heavy (non-hydrogen) atoms. The molecule has 3 heterocycles. The maximum Gasteiger partial charge on any atom is 0.217 e. The lowest BCUT2D eigenvalue weighted by atomic mass is 9.95. The standard InChI is InChI=1S/C22H38N2O16/c1-6(27)23-11-16(32)19(9(4-26)37-20(11)35)40-22-18(34)17(33)14(30)10(39-22)5-36-21-12(24-7(2)28)15(31)13(29)8(3-25)38-21/h8-22,25-26,29-35H,3-5H2,1-2H3,(H,23,27)(H,24,28)/t8-,9-,10-,11-,12-,13-,14+,15-,16-,17+,18-,19-,20-,21-,22+/m1/s1. The number of hydrogen-bond acceptors (Lipinski definition) is 16. The molecule has 0 aromatic rings. The smallest absolute Gasteiger partial charge is 0.217 e. The summed E-state index contributed by atoms with van der Waals surface area (Å²) >= 11 is 0. The van der Waals surface area contributed by atoms with Crippen LogP contribution in [0.1, 0.15) is 13.8 Å². The molecule has 0 aliphatic carbocycles. The molecule has 18 nitrogen and oxygen atoms in total. The predicted octanol–water partition coefficient (Wildman–Crippen LogP) is -7.29. The normalized spacial score (nSPS) is 46.0. The van der Waals surface area contributed by atoms with Gasteiger partial charge in [0.1, 0.15) is 73.1 Å². The zero-order valence-electron chi connectivity index (χ0n) is 21.7. The lowest BCUT2D eigenvalue weighted by Crippen LogP contribution is -2.67. The first-order valence-corrected chi connectivity index (χ1v) is 12.6. The molecule has 0 radical (unpaired) electrons. The maximum atomic E-state index is 11.6. The third-order valence-electron chi connectivity index (χ3n) is 6.88. The van der Waals surface area contributed by atoms with Crippen LogP contribution in [-0.4, -0.2) is 170 Å². The van der Waals surface area contributed by atoms with Gasteiger partial charge in [0.15, 0.2) is 18.9 Å². The third kappa shape index (κ3) is 7.23. The molecule has 3 aliphatic heterocycles. The lowest BCUT2D eigenvalue weighted by molar-refractivity contribution is -0.351. The molecule has 0 saturated carbocycles. The predicted molar refractivity (Wildman–Crippen MR) is 124 cm³/mol. The van der Waals surface area contributed by atoms with Crippen molar-refractivity contribution in [1.29, 1.82) is 0 Å². The number of carbonyl (C=O) groups excluding carboxylic acids is 2. The van der Waals surface area contributed by atoms with Gasteiger partial charge in [-0.2, -0.15) is 0 Å². The first kappa shape index (κ1) is 32.9. The van der Waals surface area contributed by atoms with Crippen LogP contribution in [0.4, 0.5) is 0 Å². The van der Waals surface area contributed by atoms with E-state index < -0.39 is 124 Å². The molecular weight excluding hydrogens is 548 g/mol. The number of carbonyl (C=O) groups is 2. The van der Waals surface area contributed by atoms with Gasteiger partial charge in [0, 0.05) is 13.8 Å². The fraction of sp³-hybridized carbons (Fsp3) is 0.909. The van der Waals surface area contributed by atoms with Gasteiger partial charge in [-0.1, -0.05) is 0 Å². The highest BCUT2D eigenvalue weighted by atomic mass is 16.7. The van der Waals surface area contributed by atoms with Gasteiger partial charge in [-0.25, -0.2) is 0 Å². The maximum absolute atomic E-state index is 11.6. The van der Waals surface area contributed by atoms with Crippen LogP contribution in [-0.2, 0) is 33.3 Å². The van der Waals surface area contributed by atoms with E-state index >= 15 is 0 Å². The Bertz CT molecular complexity index is 854. The number of ether oxygens (including phenoxy) is 5. The van der Waals surface area contributed by atoms with E-state index in [4.69, 9.17) is 23.7 Å². The van der Waals surface area contributed by atoms with Crippen LogP contribution in [0.15, 0.2) is 0 Å². The highest BCUT2D eigenvalue weighted by Crippen LogP contribution is 2.30. The van der Waals surface area contributed by atoms with Gasteiger partial charge >= 0.3 is 0 Å². The fourth-order valence-electron chi connectivity index (χ4n) is 4.76. The van der Waals surface area contributed by atoms with Gasteiger partial charge in [-0.3, -0.25) is 9.59 Å². The van der Waals surface area contributed by atoms with Crippen molar-refractivity contribution in [3.63, 3.8) is 0 Å². The average Bonchev–Trinajstić information content (AvgIpc) is 2.90. The number of nitrogens with one attached hydrogen (secondary N) is 2. The van der Waals surface area contributed by atoms with Gasteiger partial charge in [0.25, 0.3) is 0 Å². The Kier molecular flexibility index (Phi) is 11.5. The molecule has 2 amide bonds. The van der Waals surface area contributed by atoms with E-state index in [2.05, 4.69) is 10.6 Å². The molecule has 11 N–H and O–H groups in total. The van der Waals surface area contributed by atoms with Gasteiger partial charge < -0.3 is 80.3 Å². The number of hydrogen-bond donors (Lipinski definition) is 11. The summed E-state index contributed by atoms with van der Waals surface area (Å²) in [4.78, 5) is 23.1. The Morgan fingerprint density at radius 3 is 1.77 bits per heavy atom. The quantitative estimate of drug-likeness (QED) is 0.120. The zero-order chi connectivity index (χ0) is 29.9. The third-order valence-corrected chi connectivity index (χ3v) is 6.88. The van der Waals surface area contributed by atoms with Crippen molar-refractivity contribution >= 4 is 11.8 Å². The second kappa shape index (κ2) is 14.0. The molecule has 3 saturated heterocycles. The first-order valence-electron chi connectivity index (χ1n) is 12.6. The van der Waals surface area contributed by atoms with E-state index in [1.807, 2.05) is 0 Å². The Hall–Kier alpha value is -1.62. The Morgan fingerprint density at radius 1 is 0.650 bits per heavy atom. The van der Waals surface area contributed by atoms with Crippen molar-refractivity contribution in [3.05, 3.63) is 0 Å². The number of rotatable bonds is 9. The van der Waals surface area contributed by atoms with Crippen molar-refractivity contribution in [1.82, 2.24) is 10.6 Å². The molecule has 3 fully saturated rings. The van der Waals surface area contributed by atoms with Crippen LogP contribution >= 0.6 is 0 Å². The molecule has 0 aromatic heterocycles. The van der Waals surface area contributed by atoms with Crippen LogP contribution in [0.3, 0.4) is 0 Å². The largest absolute Gasteiger partial charge is 0.394 e. The molecule has 232 valence electrons. The van der Waals surface area contributed by atoms with Crippen molar-refractivity contribution < 1.29 is 79.2 Å². The van der Waals surface area contributed by atoms with Crippen LogP contribution in [0.5, 0.6) is 0 Å². The van der Waals surface area contributed by atoms with Crippen molar-refractivity contribution in [2.75, 3.05) is 19.8 Å². The molecular formula is C22H38N2O16. The highest BCUT2D eigenvalue weighted by Gasteiger charge is 2.51. The number of aliphatic hydroxyl groups is 9. The molecule has 0 aromatic carbocycles. The highest BCUT2D eigenvalue weighted by molar-refractivity contribution is 5.73. The van der Waals surface area contributed by atoms with Crippen LogP contribution in [0.25, 0.3) is 0 Å². The van der Waals surface area contributed by atoms with E-state index in [0.717, 1.165) is 13.8 Å². The Labute approximate surface area is 228 Å². The van der Waals surface area contributed by atoms with E-state index in [0.29, 0.717) is 0 Å². The van der Waals surface area contributed by atoms with Crippen LogP contribution in [0.2, 0.25) is 0 Å². The van der Waals surface area contributed by atoms with E-state index in [-0.39, 0.29) is 0 Å². The second-order valence-electron chi connectivity index (χ2n) is 9.85. The number of amides is 2. The summed E-state index contributed by atoms with van der Waals surface area (Å²) in [6.45, 7) is 0.183. The second-order valence-corrected chi connectivity index (χ2v) is 9.85. The molecule has 0 spiro atoms. The molecule has 0 unspecified atom stereocenters. The SMILES string of the molecule is CC(=O)N[C@@H]1[C@@H](O)[C@H](O[C@@H]2O[C@H](CO[C@@H]3O[C@H](CO)[C@@H](O)[C@H](O)[C@H]3NC(C)=O)[C@H](O)[C@H](O)[C@H]2O)[C@@H](CO)O[C@H]1O. The summed E-state index contributed by atoms with van der Waals surface area (Å²) in [5.41, 5.74) is 0. The summed E-state index contributed by atoms with van der Waals surface area (Å²) < 4.78 is 27.4. The summed E-state index contributed by atoms with van der Waals surface area (Å²) in [5, 5.41) is 96.6. The average molecular weight is 587 g/mol.